The van der Waals surface area contributed by atoms with E-state index in [0.29, 0.717) is 52.2 Å². The number of nitriles is 2. The monoisotopic (exact) mass is 786 g/mol. The number of fused-ring (bicyclic) bond motifs is 1. The third kappa shape index (κ3) is 9.96. The van der Waals surface area contributed by atoms with E-state index in [1.165, 1.54) is 6.20 Å². The highest BCUT2D eigenvalue weighted by molar-refractivity contribution is 5.95. The van der Waals surface area contributed by atoms with Crippen LogP contribution in [0.5, 0.6) is 11.5 Å². The number of amides is 2. The molecule has 0 radical (unpaired) electrons. The van der Waals surface area contributed by atoms with Gasteiger partial charge >= 0.3 is 0 Å². The van der Waals surface area contributed by atoms with Gasteiger partial charge in [0.15, 0.2) is 0 Å². The number of rotatable bonds is 9. The molecule has 1 aliphatic rings. The fraction of sp³-hybridized carbons (Fsp3) is 0.191. The van der Waals surface area contributed by atoms with Crippen LogP contribution in [0.15, 0.2) is 109 Å². The summed E-state index contributed by atoms with van der Waals surface area (Å²) >= 11 is 0. The average molecular weight is 787 g/mol. The van der Waals surface area contributed by atoms with Gasteiger partial charge in [-0.15, -0.1) is 0 Å². The van der Waals surface area contributed by atoms with Crippen LogP contribution >= 0.6 is 0 Å². The number of hydrogen-bond acceptors (Lipinski definition) is 10. The molecule has 59 heavy (non-hydrogen) atoms. The van der Waals surface area contributed by atoms with Gasteiger partial charge in [0.25, 0.3) is 11.8 Å². The summed E-state index contributed by atoms with van der Waals surface area (Å²) in [5, 5.41) is 43.0. The molecule has 12 heteroatoms. The summed E-state index contributed by atoms with van der Waals surface area (Å²) in [6.45, 7) is 7.84. The topological polar surface area (TPSA) is 190 Å². The molecule has 4 aromatic carbocycles. The van der Waals surface area contributed by atoms with Crippen molar-refractivity contribution in [1.82, 2.24) is 20.6 Å². The van der Waals surface area contributed by atoms with Crippen LogP contribution in [0.4, 0.5) is 0 Å². The predicted octanol–water partition coefficient (Wildman–Crippen LogP) is 7.56. The molecule has 7 rings (SSSR count). The summed E-state index contributed by atoms with van der Waals surface area (Å²) in [7, 11) is 0. The van der Waals surface area contributed by atoms with E-state index >= 15 is 0 Å². The Morgan fingerprint density at radius 2 is 1.12 bits per heavy atom. The molecule has 0 aliphatic carbocycles. The zero-order valence-corrected chi connectivity index (χ0v) is 33.0. The molecule has 0 saturated carbocycles. The first-order chi connectivity index (χ1) is 28.4. The number of carbonyl (C=O) groups excluding carboxylic acids is 2. The van der Waals surface area contributed by atoms with E-state index in [0.717, 1.165) is 44.8 Å². The van der Waals surface area contributed by atoms with Crippen LogP contribution in [0.3, 0.4) is 0 Å². The lowest BCUT2D eigenvalue weighted by molar-refractivity contribution is -0.180. The highest BCUT2D eigenvalue weighted by Gasteiger charge is 2.30. The second kappa shape index (κ2) is 18.3. The van der Waals surface area contributed by atoms with E-state index in [4.69, 9.17) is 20.0 Å². The van der Waals surface area contributed by atoms with E-state index in [2.05, 4.69) is 32.7 Å². The SMILES string of the molecule is Cc1ncc(CNC(=O)c2ccc(-c3ccc(C#N)cc3)cc2)c(CO)c1O.Cc1ncc(CNC(=O)c2ccc(-c3ccc(C#N)cc3)cc2)c2c1OC(C)(C)OC2. The Bertz CT molecular complexity index is 2560. The summed E-state index contributed by atoms with van der Waals surface area (Å²) in [6.07, 6.45) is 3.29. The van der Waals surface area contributed by atoms with Crippen molar-refractivity contribution in [2.45, 2.75) is 59.8 Å². The number of hydrogen-bond donors (Lipinski definition) is 4. The molecular formula is C47H42N6O6. The molecule has 0 spiro atoms. The van der Waals surface area contributed by atoms with Gasteiger partial charge in [-0.3, -0.25) is 19.6 Å². The van der Waals surface area contributed by atoms with Crippen LogP contribution in [0, 0.1) is 36.5 Å². The van der Waals surface area contributed by atoms with E-state index in [-0.39, 0.29) is 30.7 Å². The fourth-order valence-corrected chi connectivity index (χ4v) is 6.31. The Kier molecular flexibility index (Phi) is 12.8. The molecule has 6 aromatic rings. The summed E-state index contributed by atoms with van der Waals surface area (Å²) < 4.78 is 11.7. The van der Waals surface area contributed by atoms with Gasteiger partial charge in [0, 0.05) is 61.6 Å². The van der Waals surface area contributed by atoms with E-state index in [9.17, 15) is 19.8 Å². The van der Waals surface area contributed by atoms with Crippen LogP contribution < -0.4 is 15.4 Å². The molecule has 3 heterocycles. The third-order valence-corrected chi connectivity index (χ3v) is 9.77. The van der Waals surface area contributed by atoms with Crippen LogP contribution in [0.1, 0.15) is 79.3 Å². The van der Waals surface area contributed by atoms with Crippen molar-refractivity contribution in [3.8, 4) is 45.9 Å². The first-order valence-electron chi connectivity index (χ1n) is 18.7. The minimum Gasteiger partial charge on any atom is -0.506 e. The van der Waals surface area contributed by atoms with Crippen LogP contribution in [0.25, 0.3) is 22.3 Å². The zero-order valence-electron chi connectivity index (χ0n) is 33.0. The van der Waals surface area contributed by atoms with Gasteiger partial charge in [0.05, 0.1) is 47.9 Å². The Morgan fingerprint density at radius 1 is 0.695 bits per heavy atom. The molecule has 1 aliphatic heterocycles. The minimum atomic E-state index is -0.696. The Hall–Kier alpha value is -7.38. The zero-order chi connectivity index (χ0) is 42.1. The number of aromatic nitrogens is 2. The number of nitrogens with one attached hydrogen (secondary N) is 2. The number of aromatic hydroxyl groups is 1. The second-order valence-corrected chi connectivity index (χ2v) is 14.2. The van der Waals surface area contributed by atoms with Crippen molar-refractivity contribution in [3.05, 3.63) is 165 Å². The molecule has 2 amide bonds. The van der Waals surface area contributed by atoms with E-state index in [1.807, 2.05) is 69.3 Å². The molecule has 12 nitrogen and oxygen atoms in total. The summed E-state index contributed by atoms with van der Waals surface area (Å²) in [5.74, 6) is -0.456. The molecule has 4 N–H and O–H groups in total. The van der Waals surface area contributed by atoms with Crippen molar-refractivity contribution >= 4 is 11.8 Å². The number of aliphatic hydroxyl groups excluding tert-OH is 1. The highest BCUT2D eigenvalue weighted by Crippen LogP contribution is 2.35. The number of benzene rings is 4. The van der Waals surface area contributed by atoms with Crippen molar-refractivity contribution in [2.24, 2.45) is 0 Å². The molecule has 296 valence electrons. The lowest BCUT2D eigenvalue weighted by Gasteiger charge is -2.34. The Balaban J connectivity index is 0.000000199. The summed E-state index contributed by atoms with van der Waals surface area (Å²) in [4.78, 5) is 33.5. The Morgan fingerprint density at radius 3 is 1.58 bits per heavy atom. The second-order valence-electron chi connectivity index (χ2n) is 14.2. The number of aliphatic hydroxyl groups is 1. The normalized spacial score (nSPS) is 12.3. The number of nitrogens with zero attached hydrogens (tertiary/aromatic N) is 4. The van der Waals surface area contributed by atoms with Gasteiger partial charge < -0.3 is 30.3 Å². The molecule has 0 bridgehead atoms. The first kappa shape index (κ1) is 41.3. The average Bonchev–Trinajstić information content (AvgIpc) is 3.26. The summed E-state index contributed by atoms with van der Waals surface area (Å²) in [6, 6.07) is 33.3. The molecule has 0 unspecified atom stereocenters. The van der Waals surface area contributed by atoms with Crippen molar-refractivity contribution in [3.63, 3.8) is 0 Å². The lowest BCUT2D eigenvalue weighted by Crippen LogP contribution is -2.36. The molecule has 2 aromatic heterocycles. The highest BCUT2D eigenvalue weighted by atomic mass is 16.7. The molecule has 0 atom stereocenters. The van der Waals surface area contributed by atoms with E-state index < -0.39 is 5.79 Å². The van der Waals surface area contributed by atoms with Gasteiger partial charge in [0.1, 0.15) is 11.5 Å². The van der Waals surface area contributed by atoms with Crippen molar-refractivity contribution in [1.29, 1.82) is 10.5 Å². The summed E-state index contributed by atoms with van der Waals surface area (Å²) in [5.41, 5.74) is 10.1. The van der Waals surface area contributed by atoms with E-state index in [1.54, 1.807) is 61.7 Å². The van der Waals surface area contributed by atoms with Gasteiger partial charge in [-0.2, -0.15) is 10.5 Å². The largest absolute Gasteiger partial charge is 0.506 e. The van der Waals surface area contributed by atoms with Gasteiger partial charge in [-0.05, 0) is 95.8 Å². The fourth-order valence-electron chi connectivity index (χ4n) is 6.31. The predicted molar refractivity (Wildman–Crippen MR) is 221 cm³/mol. The number of carbonyl (C=O) groups is 2. The number of ether oxygens (including phenoxy) is 2. The minimum absolute atomic E-state index is 0.0546. The van der Waals surface area contributed by atoms with Gasteiger partial charge in [-0.1, -0.05) is 48.5 Å². The standard InChI is InChI=1S/C25H23N3O3.C22H19N3O3/c1-16-23-22(15-30-25(2,3)31-23)21(13-27-16)14-28-24(29)20-10-8-19(9-11-20)18-6-4-17(12-26)5-7-18;1-14-21(27)20(13-26)19(11-24-14)12-25-22(28)18-8-6-17(7-9-18)16-4-2-15(10-23)3-5-16/h4-11,13H,14-15H2,1-3H3,(H,28,29);2-9,11,26-27H,12-13H2,1H3,(H,25,28). The lowest BCUT2D eigenvalue weighted by atomic mass is 10.0. The Labute approximate surface area is 342 Å². The van der Waals surface area contributed by atoms with Gasteiger partial charge in [0.2, 0.25) is 5.79 Å². The maximum Gasteiger partial charge on any atom is 0.251 e. The quantitative estimate of drug-likeness (QED) is 0.114. The first-order valence-corrected chi connectivity index (χ1v) is 18.7. The number of pyridine rings is 2. The maximum atomic E-state index is 12.7. The van der Waals surface area contributed by atoms with Crippen molar-refractivity contribution < 1.29 is 29.3 Å². The smallest absolute Gasteiger partial charge is 0.251 e. The van der Waals surface area contributed by atoms with Crippen LogP contribution in [-0.2, 0) is 31.0 Å². The maximum absolute atomic E-state index is 12.7. The third-order valence-electron chi connectivity index (χ3n) is 9.77. The van der Waals surface area contributed by atoms with Crippen LogP contribution in [0.2, 0.25) is 0 Å². The molecular weight excluding hydrogens is 745 g/mol. The number of aryl methyl sites for hydroxylation is 2. The van der Waals surface area contributed by atoms with Crippen LogP contribution in [-0.4, -0.2) is 37.8 Å². The molecule has 0 saturated heterocycles. The van der Waals surface area contributed by atoms with Crippen molar-refractivity contribution in [2.75, 3.05) is 0 Å². The molecule has 0 fully saturated rings. The van der Waals surface area contributed by atoms with Gasteiger partial charge in [-0.25, -0.2) is 0 Å².